The summed E-state index contributed by atoms with van der Waals surface area (Å²) in [7, 11) is 0. The van der Waals surface area contributed by atoms with Crippen LogP contribution in [0.3, 0.4) is 0 Å². The summed E-state index contributed by atoms with van der Waals surface area (Å²) < 4.78 is 26.9. The fraction of sp³-hybridized carbons (Fsp3) is 0.375. The quantitative estimate of drug-likeness (QED) is 0.840. The van der Waals surface area contributed by atoms with Gasteiger partial charge in [0, 0.05) is 5.56 Å². The number of rotatable bonds is 2. The number of aliphatic imine (C=N–C) groups is 1. The molecule has 1 saturated heterocycles. The van der Waals surface area contributed by atoms with Crippen molar-refractivity contribution in [2.75, 3.05) is 0 Å². The Bertz CT molecular complexity index is 652. The van der Waals surface area contributed by atoms with Crippen molar-refractivity contribution in [3.05, 3.63) is 40.3 Å². The van der Waals surface area contributed by atoms with Gasteiger partial charge >= 0.3 is 0 Å². The van der Waals surface area contributed by atoms with Crippen LogP contribution in [0.4, 0.5) is 8.78 Å². The van der Waals surface area contributed by atoms with Crippen molar-refractivity contribution < 1.29 is 13.6 Å². The van der Waals surface area contributed by atoms with E-state index in [1.807, 2.05) is 0 Å². The van der Waals surface area contributed by atoms with Gasteiger partial charge in [-0.05, 0) is 36.7 Å². The fourth-order valence-corrected chi connectivity index (χ4v) is 3.52. The molecule has 0 aromatic heterocycles. The van der Waals surface area contributed by atoms with Crippen molar-refractivity contribution in [2.24, 2.45) is 4.99 Å². The van der Waals surface area contributed by atoms with Crippen LogP contribution in [0.2, 0.25) is 0 Å². The van der Waals surface area contributed by atoms with E-state index in [2.05, 4.69) is 10.3 Å². The summed E-state index contributed by atoms with van der Waals surface area (Å²) in [6.07, 6.45) is 7.01. The van der Waals surface area contributed by atoms with E-state index in [1.165, 1.54) is 36.4 Å². The molecule has 6 heteroatoms. The highest BCUT2D eigenvalue weighted by Gasteiger charge is 2.25. The van der Waals surface area contributed by atoms with Gasteiger partial charge in [-0.1, -0.05) is 31.4 Å². The summed E-state index contributed by atoms with van der Waals surface area (Å²) >= 11 is 1.18. The number of hydrogen-bond acceptors (Lipinski definition) is 3. The molecule has 0 unspecified atom stereocenters. The van der Waals surface area contributed by atoms with Crippen molar-refractivity contribution in [1.29, 1.82) is 0 Å². The topological polar surface area (TPSA) is 41.5 Å². The second-order valence-corrected chi connectivity index (χ2v) is 6.46. The minimum absolute atomic E-state index is 0.0663. The van der Waals surface area contributed by atoms with Crippen LogP contribution in [0.5, 0.6) is 0 Å². The second kappa shape index (κ2) is 6.60. The van der Waals surface area contributed by atoms with Gasteiger partial charge in [-0.2, -0.15) is 0 Å². The number of benzene rings is 1. The maximum absolute atomic E-state index is 13.7. The molecule has 1 aliphatic heterocycles. The highest BCUT2D eigenvalue weighted by molar-refractivity contribution is 8.18. The highest BCUT2D eigenvalue weighted by atomic mass is 32.2. The maximum Gasteiger partial charge on any atom is 0.264 e. The van der Waals surface area contributed by atoms with Gasteiger partial charge < -0.3 is 5.32 Å². The van der Waals surface area contributed by atoms with Crippen molar-refractivity contribution >= 4 is 28.9 Å². The molecule has 1 heterocycles. The van der Waals surface area contributed by atoms with E-state index in [1.54, 1.807) is 0 Å². The molecule has 1 aromatic rings. The number of amidine groups is 1. The lowest BCUT2D eigenvalue weighted by Crippen LogP contribution is -2.22. The SMILES string of the molecule is O=C1NC(=NC2CCCCC2)S/C1=C\c1cccc(F)c1F. The number of thioether (sulfide) groups is 1. The van der Waals surface area contributed by atoms with Crippen LogP contribution in [-0.4, -0.2) is 17.1 Å². The van der Waals surface area contributed by atoms with Crippen LogP contribution in [-0.2, 0) is 4.79 Å². The molecule has 1 amide bonds. The molecular formula is C16H16F2N2OS. The molecule has 1 saturated carbocycles. The summed E-state index contributed by atoms with van der Waals surface area (Å²) in [5, 5.41) is 3.25. The minimum Gasteiger partial charge on any atom is -0.301 e. The normalized spacial score (nSPS) is 23.3. The van der Waals surface area contributed by atoms with Crippen molar-refractivity contribution in [3.8, 4) is 0 Å². The summed E-state index contributed by atoms with van der Waals surface area (Å²) in [4.78, 5) is 16.8. The maximum atomic E-state index is 13.7. The van der Waals surface area contributed by atoms with Gasteiger partial charge in [-0.3, -0.25) is 9.79 Å². The second-order valence-electron chi connectivity index (χ2n) is 5.43. The van der Waals surface area contributed by atoms with E-state index in [4.69, 9.17) is 0 Å². The van der Waals surface area contributed by atoms with Crippen LogP contribution in [0, 0.1) is 11.6 Å². The molecule has 1 aromatic carbocycles. The summed E-state index contributed by atoms with van der Waals surface area (Å²) in [5.41, 5.74) is 0.0663. The molecule has 1 aliphatic carbocycles. The smallest absolute Gasteiger partial charge is 0.264 e. The number of hydrogen-bond donors (Lipinski definition) is 1. The lowest BCUT2D eigenvalue weighted by Gasteiger charge is -2.17. The first-order valence-electron chi connectivity index (χ1n) is 7.36. The average Bonchev–Trinajstić information content (AvgIpc) is 2.85. The van der Waals surface area contributed by atoms with Gasteiger partial charge in [-0.15, -0.1) is 0 Å². The molecule has 116 valence electrons. The first-order valence-corrected chi connectivity index (χ1v) is 8.18. The molecule has 0 radical (unpaired) electrons. The van der Waals surface area contributed by atoms with Crippen molar-refractivity contribution in [3.63, 3.8) is 0 Å². The van der Waals surface area contributed by atoms with E-state index in [-0.39, 0.29) is 17.5 Å². The van der Waals surface area contributed by atoms with E-state index < -0.39 is 11.6 Å². The van der Waals surface area contributed by atoms with E-state index in [0.29, 0.717) is 10.1 Å². The Morgan fingerprint density at radius 3 is 2.77 bits per heavy atom. The standard InChI is InChI=1S/C16H16F2N2OS/c17-12-8-4-5-10(14(12)18)9-13-15(21)20-16(22-13)19-11-6-2-1-3-7-11/h4-5,8-9,11H,1-3,6-7H2,(H,19,20,21)/b13-9-. The number of halogens is 2. The van der Waals surface area contributed by atoms with Crippen molar-refractivity contribution in [2.45, 2.75) is 38.1 Å². The molecule has 3 rings (SSSR count). The van der Waals surface area contributed by atoms with Crippen LogP contribution in [0.1, 0.15) is 37.7 Å². The third-order valence-electron chi connectivity index (χ3n) is 3.79. The lowest BCUT2D eigenvalue weighted by atomic mass is 9.96. The predicted molar refractivity (Wildman–Crippen MR) is 84.4 cm³/mol. The minimum atomic E-state index is -0.943. The first-order chi connectivity index (χ1) is 10.6. The Morgan fingerprint density at radius 2 is 2.00 bits per heavy atom. The van der Waals surface area contributed by atoms with E-state index in [9.17, 15) is 13.6 Å². The van der Waals surface area contributed by atoms with E-state index in [0.717, 1.165) is 31.7 Å². The first kappa shape index (κ1) is 15.2. The zero-order valence-electron chi connectivity index (χ0n) is 11.9. The third-order valence-corrected chi connectivity index (χ3v) is 4.72. The van der Waals surface area contributed by atoms with Gasteiger partial charge in [0.15, 0.2) is 16.8 Å². The molecule has 2 fully saturated rings. The monoisotopic (exact) mass is 322 g/mol. The number of nitrogens with zero attached hydrogens (tertiary/aromatic N) is 1. The molecular weight excluding hydrogens is 306 g/mol. The number of nitrogens with one attached hydrogen (secondary N) is 1. The Morgan fingerprint density at radius 1 is 1.23 bits per heavy atom. The number of carbonyl (C=O) groups excluding carboxylic acids is 1. The summed E-state index contributed by atoms with van der Waals surface area (Å²) in [6, 6.07) is 4.16. The Kier molecular flexibility index (Phi) is 4.57. The van der Waals surface area contributed by atoms with Crippen molar-refractivity contribution in [1.82, 2.24) is 5.32 Å². The molecule has 22 heavy (non-hydrogen) atoms. The average molecular weight is 322 g/mol. The summed E-state index contributed by atoms with van der Waals surface area (Å²) in [5.74, 6) is -2.18. The molecule has 0 atom stereocenters. The Balaban J connectivity index is 1.78. The van der Waals surface area contributed by atoms with Gasteiger partial charge in [0.05, 0.1) is 10.9 Å². The van der Waals surface area contributed by atoms with E-state index >= 15 is 0 Å². The van der Waals surface area contributed by atoms with Crippen LogP contribution >= 0.6 is 11.8 Å². The Labute approximate surface area is 131 Å². The molecule has 1 N–H and O–H groups in total. The molecule has 0 spiro atoms. The molecule has 2 aliphatic rings. The van der Waals surface area contributed by atoms with Crippen LogP contribution < -0.4 is 5.32 Å². The fourth-order valence-electron chi connectivity index (χ4n) is 2.64. The lowest BCUT2D eigenvalue weighted by molar-refractivity contribution is -0.115. The third kappa shape index (κ3) is 3.38. The Hall–Kier alpha value is -1.69. The summed E-state index contributed by atoms with van der Waals surface area (Å²) in [6.45, 7) is 0. The van der Waals surface area contributed by atoms with Gasteiger partial charge in [0.2, 0.25) is 0 Å². The predicted octanol–water partition coefficient (Wildman–Crippen LogP) is 3.86. The molecule has 0 bridgehead atoms. The highest BCUT2D eigenvalue weighted by Crippen LogP contribution is 2.29. The largest absolute Gasteiger partial charge is 0.301 e. The van der Waals surface area contributed by atoms with Crippen LogP contribution in [0.25, 0.3) is 6.08 Å². The number of amides is 1. The number of carbonyl (C=O) groups is 1. The van der Waals surface area contributed by atoms with Gasteiger partial charge in [0.25, 0.3) is 5.91 Å². The van der Waals surface area contributed by atoms with Crippen LogP contribution in [0.15, 0.2) is 28.1 Å². The zero-order chi connectivity index (χ0) is 15.5. The van der Waals surface area contributed by atoms with Gasteiger partial charge in [0.1, 0.15) is 0 Å². The zero-order valence-corrected chi connectivity index (χ0v) is 12.8. The molecule has 3 nitrogen and oxygen atoms in total. The van der Waals surface area contributed by atoms with Gasteiger partial charge in [-0.25, -0.2) is 8.78 Å².